The van der Waals surface area contributed by atoms with Crippen LogP contribution in [0.15, 0.2) is 42.5 Å². The third kappa shape index (κ3) is 3.86. The molecule has 0 aliphatic carbocycles. The molecule has 5 nitrogen and oxygen atoms in total. The van der Waals surface area contributed by atoms with Gasteiger partial charge >= 0.3 is 0 Å². The molecule has 0 spiro atoms. The van der Waals surface area contributed by atoms with Crippen molar-refractivity contribution in [2.24, 2.45) is 0 Å². The summed E-state index contributed by atoms with van der Waals surface area (Å²) in [5, 5.41) is 14.4. The predicted molar refractivity (Wildman–Crippen MR) is 86.2 cm³/mol. The average Bonchev–Trinajstić information content (AvgIpc) is 2.46. The van der Waals surface area contributed by atoms with Crippen LogP contribution in [-0.4, -0.2) is 19.0 Å². The summed E-state index contributed by atoms with van der Waals surface area (Å²) < 4.78 is 0. The standard InChI is InChI=1S/C15H16ClN3O2/c1-18(2)13-6-3-11(4-7-13)10-17-14-8-5-12(16)9-15(14)19(20)21/h3-9,17H,10H2,1-2H3. The zero-order valence-corrected chi connectivity index (χ0v) is 12.6. The maximum atomic E-state index is 11.0. The molecule has 0 aromatic heterocycles. The molecule has 0 amide bonds. The minimum atomic E-state index is -0.441. The molecule has 21 heavy (non-hydrogen) atoms. The lowest BCUT2D eigenvalue weighted by Gasteiger charge is -2.13. The lowest BCUT2D eigenvalue weighted by atomic mass is 10.2. The summed E-state index contributed by atoms with van der Waals surface area (Å²) in [4.78, 5) is 12.6. The van der Waals surface area contributed by atoms with Crippen molar-refractivity contribution in [2.45, 2.75) is 6.54 Å². The number of nitro benzene ring substituents is 1. The van der Waals surface area contributed by atoms with E-state index < -0.39 is 4.92 Å². The molecule has 0 radical (unpaired) electrons. The molecule has 2 aromatic rings. The van der Waals surface area contributed by atoms with Crippen molar-refractivity contribution in [3.8, 4) is 0 Å². The summed E-state index contributed by atoms with van der Waals surface area (Å²) in [6, 6.07) is 12.6. The zero-order chi connectivity index (χ0) is 15.4. The summed E-state index contributed by atoms with van der Waals surface area (Å²) in [5.41, 5.74) is 2.59. The van der Waals surface area contributed by atoms with Crippen molar-refractivity contribution in [2.75, 3.05) is 24.3 Å². The monoisotopic (exact) mass is 305 g/mol. The number of anilines is 2. The minimum absolute atomic E-state index is 0.0209. The molecule has 0 fully saturated rings. The quantitative estimate of drug-likeness (QED) is 0.672. The molecule has 1 N–H and O–H groups in total. The maximum absolute atomic E-state index is 11.0. The average molecular weight is 306 g/mol. The predicted octanol–water partition coefficient (Wildman–Crippen LogP) is 3.93. The summed E-state index contributed by atoms with van der Waals surface area (Å²) in [6.07, 6.45) is 0. The Bertz CT molecular complexity index is 642. The van der Waals surface area contributed by atoms with E-state index in [4.69, 9.17) is 11.6 Å². The van der Waals surface area contributed by atoms with Crippen LogP contribution >= 0.6 is 11.6 Å². The summed E-state index contributed by atoms with van der Waals surface area (Å²) in [6.45, 7) is 0.510. The van der Waals surface area contributed by atoms with Gasteiger partial charge in [0, 0.05) is 37.4 Å². The van der Waals surface area contributed by atoms with E-state index in [1.54, 1.807) is 12.1 Å². The normalized spacial score (nSPS) is 10.2. The number of nitro groups is 1. The lowest BCUT2D eigenvalue weighted by molar-refractivity contribution is -0.383. The van der Waals surface area contributed by atoms with Crippen LogP contribution in [0.5, 0.6) is 0 Å². The van der Waals surface area contributed by atoms with Gasteiger partial charge in [-0.3, -0.25) is 10.1 Å². The Labute approximate surface area is 128 Å². The highest BCUT2D eigenvalue weighted by Crippen LogP contribution is 2.28. The van der Waals surface area contributed by atoms with Crippen molar-refractivity contribution < 1.29 is 4.92 Å². The largest absolute Gasteiger partial charge is 0.378 e. The van der Waals surface area contributed by atoms with E-state index in [2.05, 4.69) is 5.32 Å². The number of benzene rings is 2. The topological polar surface area (TPSA) is 58.4 Å². The van der Waals surface area contributed by atoms with Crippen LogP contribution in [-0.2, 0) is 6.54 Å². The molecule has 6 heteroatoms. The van der Waals surface area contributed by atoms with Gasteiger partial charge in [-0.1, -0.05) is 23.7 Å². The highest BCUT2D eigenvalue weighted by atomic mass is 35.5. The van der Waals surface area contributed by atoms with E-state index in [9.17, 15) is 10.1 Å². The first-order chi connectivity index (χ1) is 9.97. The fourth-order valence-corrected chi connectivity index (χ4v) is 2.08. The Morgan fingerprint density at radius 3 is 2.43 bits per heavy atom. The van der Waals surface area contributed by atoms with Crippen LogP contribution < -0.4 is 10.2 Å². The Morgan fingerprint density at radius 1 is 1.19 bits per heavy atom. The summed E-state index contributed by atoms with van der Waals surface area (Å²) >= 11 is 5.79. The third-order valence-corrected chi connectivity index (χ3v) is 3.33. The number of halogens is 1. The molecule has 0 heterocycles. The molecule has 0 bridgehead atoms. The van der Waals surface area contributed by atoms with E-state index in [1.165, 1.54) is 6.07 Å². The van der Waals surface area contributed by atoms with Gasteiger partial charge in [-0.2, -0.15) is 0 Å². The summed E-state index contributed by atoms with van der Waals surface area (Å²) in [7, 11) is 3.95. The first-order valence-electron chi connectivity index (χ1n) is 6.41. The molecule has 2 aromatic carbocycles. The third-order valence-electron chi connectivity index (χ3n) is 3.09. The number of hydrogen-bond donors (Lipinski definition) is 1. The molecule has 2 rings (SSSR count). The molecule has 0 saturated carbocycles. The molecule has 110 valence electrons. The van der Waals surface area contributed by atoms with E-state index in [-0.39, 0.29) is 5.69 Å². The van der Waals surface area contributed by atoms with Crippen molar-refractivity contribution >= 4 is 28.7 Å². The Hall–Kier alpha value is -2.27. The van der Waals surface area contributed by atoms with E-state index in [0.29, 0.717) is 17.3 Å². The van der Waals surface area contributed by atoms with E-state index in [0.717, 1.165) is 11.3 Å². The molecule has 0 aliphatic heterocycles. The molecule has 0 saturated heterocycles. The Kier molecular flexibility index (Phi) is 4.65. The van der Waals surface area contributed by atoms with Gasteiger partial charge in [-0.25, -0.2) is 0 Å². The van der Waals surface area contributed by atoms with Crippen molar-refractivity contribution in [1.29, 1.82) is 0 Å². The van der Waals surface area contributed by atoms with Crippen molar-refractivity contribution in [1.82, 2.24) is 0 Å². The van der Waals surface area contributed by atoms with Gasteiger partial charge in [0.25, 0.3) is 5.69 Å². The fraction of sp³-hybridized carbons (Fsp3) is 0.200. The molecule has 0 unspecified atom stereocenters. The zero-order valence-electron chi connectivity index (χ0n) is 11.8. The number of nitrogens with one attached hydrogen (secondary N) is 1. The van der Waals surface area contributed by atoms with Crippen LogP contribution in [0.1, 0.15) is 5.56 Å². The van der Waals surface area contributed by atoms with E-state index in [1.807, 2.05) is 43.3 Å². The molecular weight excluding hydrogens is 290 g/mol. The van der Waals surface area contributed by atoms with Crippen LogP contribution in [0, 0.1) is 10.1 Å². The lowest BCUT2D eigenvalue weighted by Crippen LogP contribution is -2.08. The van der Waals surface area contributed by atoms with Crippen molar-refractivity contribution in [3.05, 3.63) is 63.2 Å². The van der Waals surface area contributed by atoms with E-state index >= 15 is 0 Å². The molecule has 0 aliphatic rings. The number of nitrogens with zero attached hydrogens (tertiary/aromatic N) is 2. The maximum Gasteiger partial charge on any atom is 0.293 e. The van der Waals surface area contributed by atoms with Gasteiger partial charge in [0.15, 0.2) is 0 Å². The SMILES string of the molecule is CN(C)c1ccc(CNc2ccc(Cl)cc2[N+](=O)[O-])cc1. The van der Waals surface area contributed by atoms with Gasteiger partial charge in [0.05, 0.1) is 4.92 Å². The second-order valence-corrected chi connectivity index (χ2v) is 5.27. The van der Waals surface area contributed by atoms with Gasteiger partial charge in [0.2, 0.25) is 0 Å². The molecular formula is C15H16ClN3O2. The highest BCUT2D eigenvalue weighted by molar-refractivity contribution is 6.30. The minimum Gasteiger partial charge on any atom is -0.378 e. The van der Waals surface area contributed by atoms with Crippen LogP contribution in [0.25, 0.3) is 0 Å². The summed E-state index contributed by atoms with van der Waals surface area (Å²) in [5.74, 6) is 0. The second kappa shape index (κ2) is 6.45. The Morgan fingerprint density at radius 2 is 1.86 bits per heavy atom. The van der Waals surface area contributed by atoms with Gasteiger partial charge in [0.1, 0.15) is 5.69 Å². The van der Waals surface area contributed by atoms with Gasteiger partial charge < -0.3 is 10.2 Å². The van der Waals surface area contributed by atoms with Crippen LogP contribution in [0.4, 0.5) is 17.1 Å². The Balaban J connectivity index is 2.11. The fourth-order valence-electron chi connectivity index (χ4n) is 1.91. The van der Waals surface area contributed by atoms with Gasteiger partial charge in [-0.05, 0) is 29.8 Å². The number of hydrogen-bond acceptors (Lipinski definition) is 4. The van der Waals surface area contributed by atoms with Gasteiger partial charge in [-0.15, -0.1) is 0 Å². The van der Waals surface area contributed by atoms with Crippen LogP contribution in [0.2, 0.25) is 5.02 Å². The second-order valence-electron chi connectivity index (χ2n) is 4.83. The van der Waals surface area contributed by atoms with Crippen LogP contribution in [0.3, 0.4) is 0 Å². The highest BCUT2D eigenvalue weighted by Gasteiger charge is 2.13. The van der Waals surface area contributed by atoms with Crippen molar-refractivity contribution in [3.63, 3.8) is 0 Å². The first-order valence-corrected chi connectivity index (χ1v) is 6.79. The first kappa shape index (κ1) is 15.1. The number of rotatable bonds is 5. The molecule has 0 atom stereocenters. The smallest absolute Gasteiger partial charge is 0.293 e.